The van der Waals surface area contributed by atoms with Gasteiger partial charge in [0.2, 0.25) is 0 Å². The SMILES string of the molecule is OC1(c2cccc(Cl)c2CF)CC1. The summed E-state index contributed by atoms with van der Waals surface area (Å²) >= 11 is 5.81. The molecular weight excluding hydrogens is 191 g/mol. The summed E-state index contributed by atoms with van der Waals surface area (Å²) in [5, 5.41) is 10.2. The maximum atomic E-state index is 12.6. The lowest BCUT2D eigenvalue weighted by Crippen LogP contribution is -2.07. The summed E-state index contributed by atoms with van der Waals surface area (Å²) in [4.78, 5) is 0. The van der Waals surface area contributed by atoms with Crippen molar-refractivity contribution in [2.75, 3.05) is 0 Å². The summed E-state index contributed by atoms with van der Waals surface area (Å²) in [5.74, 6) is 0. The molecule has 0 aliphatic heterocycles. The van der Waals surface area contributed by atoms with E-state index in [1.807, 2.05) is 0 Å². The normalized spacial score (nSPS) is 18.7. The van der Waals surface area contributed by atoms with E-state index in [4.69, 9.17) is 11.6 Å². The molecule has 0 aromatic heterocycles. The molecule has 1 fully saturated rings. The van der Waals surface area contributed by atoms with Gasteiger partial charge in [0.25, 0.3) is 0 Å². The van der Waals surface area contributed by atoms with Gasteiger partial charge in [-0.15, -0.1) is 0 Å². The summed E-state index contributed by atoms with van der Waals surface area (Å²) < 4.78 is 12.6. The molecule has 1 aliphatic rings. The van der Waals surface area contributed by atoms with Crippen molar-refractivity contribution in [3.8, 4) is 0 Å². The van der Waals surface area contributed by atoms with Crippen LogP contribution in [0.25, 0.3) is 0 Å². The highest BCUT2D eigenvalue weighted by Gasteiger charge is 2.43. The Hall–Kier alpha value is -0.600. The van der Waals surface area contributed by atoms with Gasteiger partial charge in [0.05, 0.1) is 5.60 Å². The van der Waals surface area contributed by atoms with E-state index in [1.165, 1.54) is 0 Å². The molecule has 1 aromatic rings. The molecule has 0 bridgehead atoms. The van der Waals surface area contributed by atoms with E-state index in [9.17, 15) is 9.50 Å². The predicted molar refractivity (Wildman–Crippen MR) is 49.4 cm³/mol. The Labute approximate surface area is 81.1 Å². The lowest BCUT2D eigenvalue weighted by Gasteiger charge is -2.13. The Kier molecular flexibility index (Phi) is 2.05. The summed E-state index contributed by atoms with van der Waals surface area (Å²) in [6, 6.07) is 5.13. The fourth-order valence-electron chi connectivity index (χ4n) is 1.52. The molecule has 0 radical (unpaired) electrons. The molecule has 0 heterocycles. The molecule has 0 unspecified atom stereocenters. The average Bonchev–Trinajstić information content (AvgIpc) is 2.85. The van der Waals surface area contributed by atoms with Gasteiger partial charge in [-0.3, -0.25) is 0 Å². The highest BCUT2D eigenvalue weighted by atomic mass is 35.5. The molecule has 2 rings (SSSR count). The fourth-order valence-corrected chi connectivity index (χ4v) is 1.74. The third-order valence-corrected chi connectivity index (χ3v) is 2.83. The molecule has 3 heteroatoms. The van der Waals surface area contributed by atoms with Gasteiger partial charge in [-0.05, 0) is 24.5 Å². The quantitative estimate of drug-likeness (QED) is 0.779. The first kappa shape index (κ1) is 8.97. The molecule has 1 N–H and O–H groups in total. The van der Waals surface area contributed by atoms with Crippen LogP contribution in [0.3, 0.4) is 0 Å². The van der Waals surface area contributed by atoms with Gasteiger partial charge < -0.3 is 5.11 Å². The van der Waals surface area contributed by atoms with Crippen molar-refractivity contribution < 1.29 is 9.50 Å². The first-order valence-corrected chi connectivity index (χ1v) is 4.61. The van der Waals surface area contributed by atoms with Crippen LogP contribution in [-0.2, 0) is 12.3 Å². The lowest BCUT2D eigenvalue weighted by atomic mass is 10.0. The Balaban J connectivity index is 2.50. The fraction of sp³-hybridized carbons (Fsp3) is 0.400. The van der Waals surface area contributed by atoms with Crippen molar-refractivity contribution in [1.82, 2.24) is 0 Å². The van der Waals surface area contributed by atoms with Crippen LogP contribution in [0.5, 0.6) is 0 Å². The molecule has 1 saturated carbocycles. The first-order valence-electron chi connectivity index (χ1n) is 4.23. The number of hydrogen-bond donors (Lipinski definition) is 1. The van der Waals surface area contributed by atoms with Crippen molar-refractivity contribution in [2.24, 2.45) is 0 Å². The van der Waals surface area contributed by atoms with E-state index in [0.29, 0.717) is 29.0 Å². The molecule has 1 aromatic carbocycles. The highest BCUT2D eigenvalue weighted by Crippen LogP contribution is 2.47. The van der Waals surface area contributed by atoms with E-state index >= 15 is 0 Å². The van der Waals surface area contributed by atoms with Gasteiger partial charge in [-0.1, -0.05) is 23.7 Å². The predicted octanol–water partition coefficient (Wildman–Crippen LogP) is 2.79. The van der Waals surface area contributed by atoms with Crippen LogP contribution >= 0.6 is 11.6 Å². The zero-order valence-corrected chi connectivity index (χ0v) is 7.81. The minimum absolute atomic E-state index is 0.403. The van der Waals surface area contributed by atoms with Gasteiger partial charge in [-0.25, -0.2) is 4.39 Å². The number of benzene rings is 1. The minimum atomic E-state index is -0.799. The Morgan fingerprint density at radius 3 is 2.69 bits per heavy atom. The Morgan fingerprint density at radius 2 is 2.15 bits per heavy atom. The van der Waals surface area contributed by atoms with E-state index in [0.717, 1.165) is 0 Å². The monoisotopic (exact) mass is 200 g/mol. The molecular formula is C10H10ClFO. The van der Waals surface area contributed by atoms with Crippen LogP contribution in [0, 0.1) is 0 Å². The van der Waals surface area contributed by atoms with Crippen LogP contribution < -0.4 is 0 Å². The Morgan fingerprint density at radius 1 is 1.46 bits per heavy atom. The van der Waals surface area contributed by atoms with E-state index in [-0.39, 0.29) is 0 Å². The topological polar surface area (TPSA) is 20.2 Å². The molecule has 0 spiro atoms. The van der Waals surface area contributed by atoms with Crippen LogP contribution in [0.2, 0.25) is 5.02 Å². The summed E-state index contributed by atoms with van der Waals surface area (Å²) in [7, 11) is 0. The highest BCUT2D eigenvalue weighted by molar-refractivity contribution is 6.31. The molecule has 0 saturated heterocycles. The number of halogens is 2. The third-order valence-electron chi connectivity index (χ3n) is 2.48. The van der Waals surface area contributed by atoms with Gasteiger partial charge in [-0.2, -0.15) is 0 Å². The smallest absolute Gasteiger partial charge is 0.116 e. The summed E-state index contributed by atoms with van der Waals surface area (Å²) in [5.41, 5.74) is 0.290. The van der Waals surface area contributed by atoms with Gasteiger partial charge in [0.1, 0.15) is 6.67 Å². The van der Waals surface area contributed by atoms with Gasteiger partial charge in [0, 0.05) is 10.6 Å². The zero-order valence-electron chi connectivity index (χ0n) is 7.06. The largest absolute Gasteiger partial charge is 0.385 e. The van der Waals surface area contributed by atoms with Crippen molar-refractivity contribution >= 4 is 11.6 Å². The second-order valence-electron chi connectivity index (χ2n) is 3.43. The maximum Gasteiger partial charge on any atom is 0.116 e. The van der Waals surface area contributed by atoms with Crippen molar-refractivity contribution in [2.45, 2.75) is 25.1 Å². The van der Waals surface area contributed by atoms with Crippen LogP contribution in [-0.4, -0.2) is 5.11 Å². The standard InChI is InChI=1S/C10H10ClFO/c11-9-3-1-2-8(7(9)6-12)10(13)4-5-10/h1-3,13H,4-6H2. The van der Waals surface area contributed by atoms with Crippen LogP contribution in [0.1, 0.15) is 24.0 Å². The average molecular weight is 201 g/mol. The number of hydrogen-bond acceptors (Lipinski definition) is 1. The van der Waals surface area contributed by atoms with Crippen molar-refractivity contribution in [3.63, 3.8) is 0 Å². The molecule has 70 valence electrons. The third kappa shape index (κ3) is 1.45. The van der Waals surface area contributed by atoms with E-state index in [1.54, 1.807) is 18.2 Å². The van der Waals surface area contributed by atoms with Crippen LogP contribution in [0.15, 0.2) is 18.2 Å². The second kappa shape index (κ2) is 2.96. The molecule has 1 nitrogen and oxygen atoms in total. The number of rotatable bonds is 2. The molecule has 0 amide bonds. The minimum Gasteiger partial charge on any atom is -0.385 e. The van der Waals surface area contributed by atoms with Gasteiger partial charge in [0.15, 0.2) is 0 Å². The lowest BCUT2D eigenvalue weighted by molar-refractivity contribution is 0.149. The maximum absolute atomic E-state index is 12.6. The van der Waals surface area contributed by atoms with E-state index < -0.39 is 12.3 Å². The van der Waals surface area contributed by atoms with Crippen molar-refractivity contribution in [3.05, 3.63) is 34.3 Å². The zero-order chi connectivity index (χ0) is 9.47. The molecule has 1 aliphatic carbocycles. The van der Waals surface area contributed by atoms with Crippen LogP contribution in [0.4, 0.5) is 4.39 Å². The summed E-state index contributed by atoms with van der Waals surface area (Å²) in [6.45, 7) is -0.614. The molecule has 0 atom stereocenters. The van der Waals surface area contributed by atoms with Gasteiger partial charge >= 0.3 is 0 Å². The van der Waals surface area contributed by atoms with Crippen molar-refractivity contribution in [1.29, 1.82) is 0 Å². The second-order valence-corrected chi connectivity index (χ2v) is 3.84. The first-order chi connectivity index (χ1) is 6.17. The molecule has 13 heavy (non-hydrogen) atoms. The van der Waals surface area contributed by atoms with E-state index in [2.05, 4.69) is 0 Å². The Bertz CT molecular complexity index is 334. The summed E-state index contributed by atoms with van der Waals surface area (Å²) in [6.07, 6.45) is 1.42. The number of alkyl halides is 1. The number of aliphatic hydroxyl groups is 1.